The molecule has 3 aromatic rings. The molecular formula is C28H35N3OS. The largest absolute Gasteiger partial charge is 0.483 e. The minimum absolute atomic E-state index is 0.0751. The van der Waals surface area contributed by atoms with Crippen LogP contribution in [0, 0.1) is 0 Å². The first-order chi connectivity index (χ1) is 16.2. The number of anilines is 1. The van der Waals surface area contributed by atoms with Crippen LogP contribution in [-0.4, -0.2) is 45.2 Å². The highest BCUT2D eigenvalue weighted by atomic mass is 32.1. The molecule has 1 saturated heterocycles. The number of para-hydroxylation sites is 2. The van der Waals surface area contributed by atoms with Crippen LogP contribution in [0.3, 0.4) is 0 Å². The number of nitrogens with zero attached hydrogens (tertiary/aromatic N) is 2. The van der Waals surface area contributed by atoms with Crippen LogP contribution < -0.4 is 15.0 Å². The fourth-order valence-electron chi connectivity index (χ4n) is 5.65. The SMILES string of the molecule is CNCC[C@H](Oc1ccccc1N1CCC2(CC1)c1ccccc1CCN2C)c1cccs1. The molecular weight excluding hydrogens is 426 g/mol. The summed E-state index contributed by atoms with van der Waals surface area (Å²) in [4.78, 5) is 6.44. The van der Waals surface area contributed by atoms with Crippen LogP contribution in [0.2, 0.25) is 0 Å². The van der Waals surface area contributed by atoms with E-state index < -0.39 is 0 Å². The Labute approximate surface area is 202 Å². The van der Waals surface area contributed by atoms with Crippen molar-refractivity contribution >= 4 is 17.0 Å². The Bertz CT molecular complexity index is 1040. The summed E-state index contributed by atoms with van der Waals surface area (Å²) < 4.78 is 6.68. The van der Waals surface area contributed by atoms with Gasteiger partial charge in [0.2, 0.25) is 0 Å². The van der Waals surface area contributed by atoms with Crippen LogP contribution in [-0.2, 0) is 12.0 Å². The number of benzene rings is 2. The van der Waals surface area contributed by atoms with E-state index in [9.17, 15) is 0 Å². The van der Waals surface area contributed by atoms with Gasteiger partial charge in [-0.05, 0) is 74.6 Å². The molecule has 1 N–H and O–H groups in total. The van der Waals surface area contributed by atoms with Gasteiger partial charge in [0, 0.05) is 36.5 Å². The molecule has 0 bridgehead atoms. The van der Waals surface area contributed by atoms with Crippen molar-refractivity contribution in [3.63, 3.8) is 0 Å². The second kappa shape index (κ2) is 9.88. The first-order valence-corrected chi connectivity index (χ1v) is 13.1. The lowest BCUT2D eigenvalue weighted by Crippen LogP contribution is -2.54. The van der Waals surface area contributed by atoms with Gasteiger partial charge in [0.15, 0.2) is 0 Å². The maximum absolute atomic E-state index is 6.68. The third kappa shape index (κ3) is 4.42. The number of fused-ring (bicyclic) bond motifs is 2. The summed E-state index contributed by atoms with van der Waals surface area (Å²) in [7, 11) is 4.32. The van der Waals surface area contributed by atoms with E-state index in [1.54, 1.807) is 16.9 Å². The summed E-state index contributed by atoms with van der Waals surface area (Å²) in [5.41, 5.74) is 4.47. The fraction of sp³-hybridized carbons (Fsp3) is 0.429. The van der Waals surface area contributed by atoms with Crippen molar-refractivity contribution in [3.05, 3.63) is 82.0 Å². The standard InChI is InChI=1S/C28H35N3OS/c1-29-17-13-26(27-12-7-21-33-27)32-25-11-6-5-10-24(25)31-19-15-28(16-20-31)23-9-4-3-8-22(23)14-18-30(28)2/h3-12,21,26,29H,13-20H2,1-2H3/t26-/m0/s1. The van der Waals surface area contributed by atoms with Crippen LogP contribution in [0.25, 0.3) is 0 Å². The summed E-state index contributed by atoms with van der Waals surface area (Å²) >= 11 is 1.78. The zero-order valence-corrected chi connectivity index (χ0v) is 20.6. The Morgan fingerprint density at radius 3 is 2.58 bits per heavy atom. The van der Waals surface area contributed by atoms with Gasteiger partial charge >= 0.3 is 0 Å². The number of thiophene rings is 1. The monoisotopic (exact) mass is 461 g/mol. The summed E-state index contributed by atoms with van der Waals surface area (Å²) in [6.07, 6.45) is 4.47. The van der Waals surface area contributed by atoms with Crippen LogP contribution in [0.4, 0.5) is 5.69 Å². The van der Waals surface area contributed by atoms with Crippen LogP contribution >= 0.6 is 11.3 Å². The van der Waals surface area contributed by atoms with E-state index >= 15 is 0 Å². The molecule has 5 rings (SSSR count). The number of rotatable bonds is 7. The molecule has 174 valence electrons. The smallest absolute Gasteiger partial charge is 0.143 e. The molecule has 1 aromatic heterocycles. The Morgan fingerprint density at radius 2 is 1.79 bits per heavy atom. The topological polar surface area (TPSA) is 27.7 Å². The van der Waals surface area contributed by atoms with E-state index in [0.29, 0.717) is 0 Å². The van der Waals surface area contributed by atoms with E-state index in [1.807, 2.05) is 7.05 Å². The molecule has 2 aromatic carbocycles. The van der Waals surface area contributed by atoms with E-state index in [1.165, 1.54) is 16.1 Å². The number of piperidine rings is 1. The summed E-state index contributed by atoms with van der Waals surface area (Å²) in [5.74, 6) is 1.00. The predicted molar refractivity (Wildman–Crippen MR) is 139 cm³/mol. The minimum atomic E-state index is 0.0751. The van der Waals surface area contributed by atoms with E-state index in [4.69, 9.17) is 4.74 Å². The van der Waals surface area contributed by atoms with Crippen molar-refractivity contribution in [1.29, 1.82) is 0 Å². The number of hydrogen-bond donors (Lipinski definition) is 1. The molecule has 0 aliphatic carbocycles. The third-order valence-corrected chi connectivity index (χ3v) is 8.51. The minimum Gasteiger partial charge on any atom is -0.483 e. The molecule has 4 nitrogen and oxygen atoms in total. The Balaban J connectivity index is 1.36. The highest BCUT2D eigenvalue weighted by Crippen LogP contribution is 2.44. The fourth-order valence-corrected chi connectivity index (χ4v) is 6.44. The average Bonchev–Trinajstić information content (AvgIpc) is 3.40. The van der Waals surface area contributed by atoms with Crippen LogP contribution in [0.5, 0.6) is 5.75 Å². The van der Waals surface area contributed by atoms with Gasteiger partial charge < -0.3 is 15.0 Å². The molecule has 0 unspecified atom stereocenters. The van der Waals surface area contributed by atoms with Gasteiger partial charge in [-0.2, -0.15) is 0 Å². The summed E-state index contributed by atoms with van der Waals surface area (Å²) in [6, 6.07) is 22.0. The Kier molecular flexibility index (Phi) is 6.72. The zero-order valence-electron chi connectivity index (χ0n) is 19.8. The number of hydrogen-bond acceptors (Lipinski definition) is 5. The second-order valence-corrected chi connectivity index (χ2v) is 10.3. The maximum Gasteiger partial charge on any atom is 0.143 e. The average molecular weight is 462 g/mol. The molecule has 2 aliphatic heterocycles. The second-order valence-electron chi connectivity index (χ2n) is 9.33. The Morgan fingerprint density at radius 1 is 1.00 bits per heavy atom. The van der Waals surface area contributed by atoms with Gasteiger partial charge in [0.25, 0.3) is 0 Å². The third-order valence-electron chi connectivity index (χ3n) is 7.55. The van der Waals surface area contributed by atoms with Crippen molar-refractivity contribution < 1.29 is 4.74 Å². The number of likely N-dealkylation sites (N-methyl/N-ethyl adjacent to an activating group) is 1. The van der Waals surface area contributed by atoms with Gasteiger partial charge in [-0.1, -0.05) is 42.5 Å². The molecule has 5 heteroatoms. The summed E-state index contributed by atoms with van der Waals surface area (Å²) in [6.45, 7) is 4.16. The van der Waals surface area contributed by atoms with Gasteiger partial charge in [-0.25, -0.2) is 0 Å². The quantitative estimate of drug-likeness (QED) is 0.506. The molecule has 0 amide bonds. The lowest BCUT2D eigenvalue weighted by molar-refractivity contribution is 0.0756. The van der Waals surface area contributed by atoms with Crippen molar-refractivity contribution in [2.45, 2.75) is 37.3 Å². The van der Waals surface area contributed by atoms with Crippen LogP contribution in [0.15, 0.2) is 66.0 Å². The lowest BCUT2D eigenvalue weighted by Gasteiger charge is -2.51. The number of ether oxygens (including phenoxy) is 1. The molecule has 1 spiro atoms. The first kappa shape index (κ1) is 22.5. The van der Waals surface area contributed by atoms with Gasteiger partial charge in [0.1, 0.15) is 11.9 Å². The summed E-state index contributed by atoms with van der Waals surface area (Å²) in [5, 5.41) is 5.42. The molecule has 0 radical (unpaired) electrons. The van der Waals surface area contributed by atoms with Gasteiger partial charge in [-0.15, -0.1) is 11.3 Å². The van der Waals surface area contributed by atoms with Crippen molar-refractivity contribution in [1.82, 2.24) is 10.2 Å². The van der Waals surface area contributed by atoms with E-state index in [-0.39, 0.29) is 11.6 Å². The molecule has 3 heterocycles. The van der Waals surface area contributed by atoms with Crippen LogP contribution in [0.1, 0.15) is 41.4 Å². The predicted octanol–water partition coefficient (Wildman–Crippen LogP) is 5.46. The van der Waals surface area contributed by atoms with Gasteiger partial charge in [0.05, 0.1) is 5.69 Å². The van der Waals surface area contributed by atoms with E-state index in [0.717, 1.165) is 57.6 Å². The van der Waals surface area contributed by atoms with Crippen molar-refractivity contribution in [2.75, 3.05) is 45.2 Å². The highest BCUT2D eigenvalue weighted by Gasteiger charge is 2.43. The molecule has 1 fully saturated rings. The Hall–Kier alpha value is -2.34. The van der Waals surface area contributed by atoms with Crippen molar-refractivity contribution in [2.24, 2.45) is 0 Å². The molecule has 2 aliphatic rings. The lowest BCUT2D eigenvalue weighted by atomic mass is 9.74. The van der Waals surface area contributed by atoms with Gasteiger partial charge in [-0.3, -0.25) is 4.90 Å². The molecule has 33 heavy (non-hydrogen) atoms. The molecule has 0 saturated carbocycles. The number of nitrogens with one attached hydrogen (secondary N) is 1. The maximum atomic E-state index is 6.68. The zero-order chi connectivity index (χ0) is 22.7. The molecule has 1 atom stereocenters. The van der Waals surface area contributed by atoms with E-state index in [2.05, 4.69) is 88.2 Å². The first-order valence-electron chi connectivity index (χ1n) is 12.2. The highest BCUT2D eigenvalue weighted by molar-refractivity contribution is 7.10. The normalized spacial score (nSPS) is 18.8. The van der Waals surface area contributed by atoms with Crippen molar-refractivity contribution in [3.8, 4) is 5.75 Å².